The molecule has 0 saturated carbocycles. The number of pyridine rings is 2. The van der Waals surface area contributed by atoms with Crippen molar-refractivity contribution in [1.29, 1.82) is 0 Å². The summed E-state index contributed by atoms with van der Waals surface area (Å²) in [5.74, 6) is 0. The molecule has 0 bridgehead atoms. The molecular weight excluding hydrogens is 1390 g/mol. The molecule has 0 amide bonds. The van der Waals surface area contributed by atoms with E-state index in [1.807, 2.05) is 30.3 Å². The molecule has 23 rings (SSSR count). The van der Waals surface area contributed by atoms with E-state index in [1.165, 1.54) is 72.3 Å². The summed E-state index contributed by atoms with van der Waals surface area (Å²) in [6.45, 7) is 8.30. The fourth-order valence-electron chi connectivity index (χ4n) is 18.1. The van der Waals surface area contributed by atoms with Gasteiger partial charge in [0.05, 0.1) is 44.1 Å². The molecule has 10 heteroatoms. The molecule has 14 aromatic carbocycles. The van der Waals surface area contributed by atoms with E-state index < -0.39 is 23.7 Å². The first kappa shape index (κ1) is 64.0. The van der Waals surface area contributed by atoms with Crippen LogP contribution in [0.2, 0.25) is 0 Å². The number of imidazole rings is 2. The number of nitrogens with zero attached hydrogens (tertiary/aromatic N) is 4. The molecule has 6 aromatic heterocycles. The van der Waals surface area contributed by atoms with Crippen molar-refractivity contribution in [1.82, 2.24) is 18.8 Å². The van der Waals surface area contributed by atoms with Crippen LogP contribution < -0.4 is 5.46 Å². The lowest BCUT2D eigenvalue weighted by Gasteiger charge is -2.34. The van der Waals surface area contributed by atoms with Crippen molar-refractivity contribution < 1.29 is 18.1 Å². The number of fused-ring (bicyclic) bond motifs is 26. The molecule has 3 aliphatic rings. The van der Waals surface area contributed by atoms with Crippen molar-refractivity contribution in [2.24, 2.45) is 0 Å². The molecule has 108 heavy (non-hydrogen) atoms. The summed E-state index contributed by atoms with van der Waals surface area (Å²) in [6, 6.07) is 121. The summed E-state index contributed by atoms with van der Waals surface area (Å²) in [6.07, 6.45) is 0. The van der Waals surface area contributed by atoms with Gasteiger partial charge in [-0.05, 0) is 160 Å². The van der Waals surface area contributed by atoms with Gasteiger partial charge in [-0.1, -0.05) is 301 Å². The van der Waals surface area contributed by atoms with E-state index in [4.69, 9.17) is 28.1 Å². The van der Waals surface area contributed by atoms with Crippen LogP contribution in [-0.4, -0.2) is 37.1 Å². The molecule has 7 heterocycles. The van der Waals surface area contributed by atoms with E-state index in [0.29, 0.717) is 0 Å². The maximum atomic E-state index is 6.73. The maximum absolute atomic E-state index is 6.73. The molecule has 20 aromatic rings. The van der Waals surface area contributed by atoms with Crippen LogP contribution in [0.3, 0.4) is 0 Å². The highest BCUT2D eigenvalue weighted by Crippen LogP contribution is 2.60. The highest BCUT2D eigenvalue weighted by Gasteiger charge is 2.52. The average Bonchev–Trinajstić information content (AvgIpc) is 1.55. The Morgan fingerprint density at radius 2 is 0.704 bits per heavy atom. The highest BCUT2D eigenvalue weighted by molar-refractivity contribution is 9.10. The number of halogens is 1. The maximum Gasteiger partial charge on any atom is 0.494 e. The first-order chi connectivity index (χ1) is 53.0. The number of hydrogen-bond acceptors (Lipinski definition) is 6. The predicted molar refractivity (Wildman–Crippen MR) is 445 cm³/mol. The van der Waals surface area contributed by atoms with Crippen molar-refractivity contribution >= 4 is 128 Å². The lowest BCUT2D eigenvalue weighted by Crippen LogP contribution is -2.41. The van der Waals surface area contributed by atoms with Crippen LogP contribution in [0.25, 0.3) is 132 Å². The largest absolute Gasteiger partial charge is 0.494 e. The zero-order valence-electron chi connectivity index (χ0n) is 59.7. The minimum Gasteiger partial charge on any atom is -0.454 e. The van der Waals surface area contributed by atoms with Gasteiger partial charge in [-0.15, -0.1) is 0 Å². The Bertz CT molecular complexity index is 6950. The third-order valence-corrected chi connectivity index (χ3v) is 24.2. The molecule has 1 saturated heterocycles. The normalized spacial score (nSPS) is 14.9. The van der Waals surface area contributed by atoms with Crippen LogP contribution >= 0.6 is 15.9 Å². The zero-order chi connectivity index (χ0) is 72.2. The summed E-state index contributed by atoms with van der Waals surface area (Å²) in [4.78, 5) is 10.1. The molecule has 2 aliphatic carbocycles. The van der Waals surface area contributed by atoms with Crippen LogP contribution in [0.1, 0.15) is 72.2 Å². The van der Waals surface area contributed by atoms with Gasteiger partial charge in [0.2, 0.25) is 0 Å². The topological polar surface area (TPSA) is 79.3 Å². The van der Waals surface area contributed by atoms with Gasteiger partial charge in [0, 0.05) is 42.4 Å². The molecule has 0 unspecified atom stereocenters. The van der Waals surface area contributed by atoms with E-state index in [1.54, 1.807) is 0 Å². The van der Waals surface area contributed by atoms with Gasteiger partial charge in [-0.3, -0.25) is 8.80 Å². The number of aromatic nitrogens is 4. The Kier molecular flexibility index (Phi) is 14.4. The van der Waals surface area contributed by atoms with Crippen LogP contribution in [0.15, 0.2) is 353 Å². The van der Waals surface area contributed by atoms with Gasteiger partial charge >= 0.3 is 7.12 Å². The number of hydrogen-bond donors (Lipinski definition) is 0. The summed E-state index contributed by atoms with van der Waals surface area (Å²) < 4.78 is 31.5. The van der Waals surface area contributed by atoms with Crippen LogP contribution in [0.4, 0.5) is 0 Å². The molecular formula is C98H68BBrN4O4. The molecule has 0 N–H and O–H groups in total. The van der Waals surface area contributed by atoms with Gasteiger partial charge in [-0.2, -0.15) is 0 Å². The monoisotopic (exact) mass is 1450 g/mol. The Morgan fingerprint density at radius 1 is 0.324 bits per heavy atom. The molecule has 0 radical (unpaired) electrons. The zero-order valence-corrected chi connectivity index (χ0v) is 61.3. The van der Waals surface area contributed by atoms with Crippen molar-refractivity contribution in [2.45, 2.75) is 49.7 Å². The van der Waals surface area contributed by atoms with Crippen LogP contribution in [-0.2, 0) is 20.1 Å². The molecule has 1 aliphatic heterocycles. The Hall–Kier alpha value is -12.4. The SMILES string of the molecule is Brc1cccc2c1-c1ccccc1C2(c1ccccc1)c1ccccc1.CC1(C)OB(c2ccc3oc4c5ccccc5c5nc6ccccc6n5c4c3c2)OC1(C)C.c1ccc(C2(c3ccccc3)c3ccccc3-c3c(-c4ccc5oc6c7ccccc7c7nc8ccccc8n7c6c5c4)cccc32)cc1. The summed E-state index contributed by atoms with van der Waals surface area (Å²) in [5.41, 5.74) is 28.9. The van der Waals surface area contributed by atoms with E-state index in [-0.39, 0.29) is 5.41 Å². The minimum absolute atomic E-state index is 0.293. The lowest BCUT2D eigenvalue weighted by molar-refractivity contribution is 0.00578. The molecule has 8 nitrogen and oxygen atoms in total. The second-order valence-corrected chi connectivity index (χ2v) is 30.5. The first-order valence-corrected chi connectivity index (χ1v) is 37.8. The second kappa shape index (κ2) is 24.3. The van der Waals surface area contributed by atoms with E-state index in [9.17, 15) is 0 Å². The van der Waals surface area contributed by atoms with E-state index in [2.05, 4.69) is 362 Å². The van der Waals surface area contributed by atoms with Gasteiger partial charge in [0.25, 0.3) is 0 Å². The molecule has 0 spiro atoms. The quantitative estimate of drug-likeness (QED) is 0.154. The number of benzene rings is 14. The van der Waals surface area contributed by atoms with Crippen molar-refractivity contribution in [3.05, 3.63) is 389 Å². The average molecular weight is 1460 g/mol. The first-order valence-electron chi connectivity index (χ1n) is 37.0. The standard InChI is InChI=1S/C46H28N2O.C27H23BN2O3.C25H17Br/c1-3-14-30(15-4-1)46(31-16-5-2-6-17-31)37-22-10-9-20-35(37)42-32(21-13-23-38(42)46)29-26-27-41-36(28-29)43-44(49-41)33-18-7-8-19-34(33)45-47-39-24-11-12-25-40(39)48(43)45;1-26(2)27(3,4)33-28(32-26)16-13-14-22-19(15-16)23-24(31-22)17-9-5-6-10-18(17)25-29-20-11-7-8-12-21(20)30(23)25;26-23-17-9-16-22-24(23)20-14-7-8-15-21(20)25(22,18-10-3-1-4-11-18)19-12-5-2-6-13-19/h1-28H;5-15H,1-4H3;1-17H. The molecule has 0 atom stereocenters. The van der Waals surface area contributed by atoms with Gasteiger partial charge in [0.1, 0.15) is 33.5 Å². The number of para-hydroxylation sites is 4. The third-order valence-electron chi connectivity index (χ3n) is 23.5. The van der Waals surface area contributed by atoms with Gasteiger partial charge in [0.15, 0.2) is 11.2 Å². The Labute approximate surface area is 632 Å². The Balaban J connectivity index is 0.000000110. The fraction of sp³-hybridized carbons (Fsp3) is 0.0816. The van der Waals surface area contributed by atoms with Gasteiger partial charge in [-0.25, -0.2) is 9.97 Å². The third kappa shape index (κ3) is 9.24. The van der Waals surface area contributed by atoms with E-state index in [0.717, 1.165) is 115 Å². The van der Waals surface area contributed by atoms with Crippen molar-refractivity contribution in [2.75, 3.05) is 0 Å². The lowest BCUT2D eigenvalue weighted by atomic mass is 9.67. The summed E-state index contributed by atoms with van der Waals surface area (Å²) in [7, 11) is -0.431. The molecule has 514 valence electrons. The Morgan fingerprint density at radius 3 is 1.20 bits per heavy atom. The number of furan rings is 2. The highest BCUT2D eigenvalue weighted by atomic mass is 79.9. The van der Waals surface area contributed by atoms with Gasteiger partial charge < -0.3 is 18.1 Å². The summed E-state index contributed by atoms with van der Waals surface area (Å²) in [5, 5.41) is 6.39. The van der Waals surface area contributed by atoms with Crippen molar-refractivity contribution in [3.63, 3.8) is 0 Å². The minimum atomic E-state index is -0.447. The van der Waals surface area contributed by atoms with E-state index >= 15 is 0 Å². The fourth-order valence-corrected chi connectivity index (χ4v) is 18.7. The van der Waals surface area contributed by atoms with Crippen LogP contribution in [0.5, 0.6) is 0 Å². The molecule has 1 fully saturated rings. The smallest absolute Gasteiger partial charge is 0.454 e. The summed E-state index contributed by atoms with van der Waals surface area (Å²) >= 11 is 3.81. The van der Waals surface area contributed by atoms with Crippen LogP contribution in [0, 0.1) is 0 Å². The predicted octanol–water partition coefficient (Wildman–Crippen LogP) is 24.2. The van der Waals surface area contributed by atoms with Crippen molar-refractivity contribution in [3.8, 4) is 33.4 Å². The number of rotatable bonds is 6. The second-order valence-electron chi connectivity index (χ2n) is 29.7.